The Labute approximate surface area is 162 Å². The summed E-state index contributed by atoms with van der Waals surface area (Å²) in [5, 5.41) is 11.3. The highest BCUT2D eigenvalue weighted by Gasteiger charge is 2.30. The van der Waals surface area contributed by atoms with Crippen molar-refractivity contribution in [1.29, 1.82) is 0 Å². The van der Waals surface area contributed by atoms with Crippen LogP contribution in [-0.4, -0.2) is 37.1 Å². The highest BCUT2D eigenvalue weighted by atomic mass is 16.6. The minimum Gasteiger partial charge on any atom is -0.382 e. The number of nitrogens with zero attached hydrogens (tertiary/aromatic N) is 5. The Kier molecular flexibility index (Phi) is 4.46. The fourth-order valence-electron chi connectivity index (χ4n) is 3.25. The van der Waals surface area contributed by atoms with Crippen molar-refractivity contribution >= 4 is 17.3 Å². The SMILES string of the molecule is Cc1nn(C)cc1C1=NOC(C(=O)Nc2ccc(-n3cnc(C)c3C)cc2)C1. The predicted octanol–water partition coefficient (Wildman–Crippen LogP) is 2.66. The molecule has 0 aliphatic carbocycles. The number of nitrogens with one attached hydrogen (secondary N) is 1. The van der Waals surface area contributed by atoms with Gasteiger partial charge in [0.1, 0.15) is 0 Å². The molecule has 1 N–H and O–H groups in total. The first-order valence-electron chi connectivity index (χ1n) is 9.07. The molecule has 8 nitrogen and oxygen atoms in total. The fourth-order valence-corrected chi connectivity index (χ4v) is 3.25. The maximum absolute atomic E-state index is 12.5. The molecule has 0 saturated heterocycles. The van der Waals surface area contributed by atoms with Gasteiger partial charge >= 0.3 is 0 Å². The fraction of sp³-hybridized carbons (Fsp3) is 0.300. The lowest BCUT2D eigenvalue weighted by Crippen LogP contribution is -2.28. The van der Waals surface area contributed by atoms with E-state index < -0.39 is 6.10 Å². The third-order valence-electron chi connectivity index (χ3n) is 4.95. The van der Waals surface area contributed by atoms with E-state index in [2.05, 4.69) is 20.6 Å². The lowest BCUT2D eigenvalue weighted by Gasteiger charge is -2.11. The summed E-state index contributed by atoms with van der Waals surface area (Å²) in [6, 6.07) is 7.62. The maximum atomic E-state index is 12.5. The molecule has 0 bridgehead atoms. The van der Waals surface area contributed by atoms with E-state index >= 15 is 0 Å². The van der Waals surface area contributed by atoms with Gasteiger partial charge in [-0.05, 0) is 45.0 Å². The molecule has 1 aromatic carbocycles. The van der Waals surface area contributed by atoms with E-state index in [1.807, 2.05) is 62.8 Å². The average molecular weight is 378 g/mol. The van der Waals surface area contributed by atoms with Crippen LogP contribution < -0.4 is 5.32 Å². The number of rotatable bonds is 4. The molecule has 1 aliphatic heterocycles. The summed E-state index contributed by atoms with van der Waals surface area (Å²) in [6.45, 7) is 5.92. The number of carbonyl (C=O) groups excluding carboxylic acids is 1. The van der Waals surface area contributed by atoms with Crippen LogP contribution in [0, 0.1) is 20.8 Å². The van der Waals surface area contributed by atoms with Crippen molar-refractivity contribution in [3.05, 3.63) is 59.4 Å². The highest BCUT2D eigenvalue weighted by Crippen LogP contribution is 2.21. The second kappa shape index (κ2) is 6.95. The number of aryl methyl sites for hydroxylation is 3. The van der Waals surface area contributed by atoms with E-state index in [4.69, 9.17) is 4.84 Å². The molecule has 0 spiro atoms. The minimum absolute atomic E-state index is 0.220. The number of hydrogen-bond acceptors (Lipinski definition) is 5. The quantitative estimate of drug-likeness (QED) is 0.756. The monoisotopic (exact) mass is 378 g/mol. The lowest BCUT2D eigenvalue weighted by molar-refractivity contribution is -0.125. The van der Waals surface area contributed by atoms with Crippen molar-refractivity contribution in [1.82, 2.24) is 19.3 Å². The molecule has 0 radical (unpaired) electrons. The summed E-state index contributed by atoms with van der Waals surface area (Å²) in [6.07, 6.45) is 3.46. The van der Waals surface area contributed by atoms with Crippen molar-refractivity contribution in [3.63, 3.8) is 0 Å². The minimum atomic E-state index is -0.646. The van der Waals surface area contributed by atoms with Crippen molar-refractivity contribution in [2.24, 2.45) is 12.2 Å². The molecule has 0 saturated carbocycles. The summed E-state index contributed by atoms with van der Waals surface area (Å²) in [5.74, 6) is -0.220. The van der Waals surface area contributed by atoms with E-state index in [1.54, 1.807) is 11.0 Å². The van der Waals surface area contributed by atoms with Crippen LogP contribution in [0.2, 0.25) is 0 Å². The number of imidazole rings is 1. The van der Waals surface area contributed by atoms with Gasteiger partial charge in [0.15, 0.2) is 0 Å². The van der Waals surface area contributed by atoms with Gasteiger partial charge in [0, 0.05) is 42.3 Å². The zero-order valence-corrected chi connectivity index (χ0v) is 16.3. The standard InChI is InChI=1S/C20H22N6O2/c1-12-14(3)26(11-21-12)16-7-5-15(6-8-16)22-20(27)19-9-18(24-28-19)17-10-25(4)23-13(17)2/h5-8,10-11,19H,9H2,1-4H3,(H,22,27). The summed E-state index contributed by atoms with van der Waals surface area (Å²) in [4.78, 5) is 22.2. The third kappa shape index (κ3) is 3.28. The number of amides is 1. The first-order valence-corrected chi connectivity index (χ1v) is 9.07. The van der Waals surface area contributed by atoms with Gasteiger partial charge in [0.2, 0.25) is 6.10 Å². The van der Waals surface area contributed by atoms with Gasteiger partial charge in [-0.2, -0.15) is 5.10 Å². The van der Waals surface area contributed by atoms with Gasteiger partial charge in [0.25, 0.3) is 5.91 Å². The molecule has 3 heterocycles. The molecule has 4 rings (SSSR count). The number of anilines is 1. The first kappa shape index (κ1) is 18.0. The molecule has 144 valence electrons. The van der Waals surface area contributed by atoms with Gasteiger partial charge in [0.05, 0.1) is 23.4 Å². The third-order valence-corrected chi connectivity index (χ3v) is 4.95. The summed E-state index contributed by atoms with van der Waals surface area (Å²) in [7, 11) is 1.85. The Bertz CT molecular complexity index is 1060. The first-order chi connectivity index (χ1) is 13.4. The van der Waals surface area contributed by atoms with Gasteiger partial charge in [-0.15, -0.1) is 0 Å². The van der Waals surface area contributed by atoms with E-state index in [-0.39, 0.29) is 5.91 Å². The molecule has 1 unspecified atom stereocenters. The second-order valence-electron chi connectivity index (χ2n) is 6.96. The molecule has 1 amide bonds. The topological polar surface area (TPSA) is 86.3 Å². The van der Waals surface area contributed by atoms with Crippen LogP contribution in [0.15, 0.2) is 41.9 Å². The smallest absolute Gasteiger partial charge is 0.268 e. The highest BCUT2D eigenvalue weighted by molar-refractivity contribution is 6.06. The van der Waals surface area contributed by atoms with Gasteiger partial charge in [-0.3, -0.25) is 9.48 Å². The molecule has 0 fully saturated rings. The molecule has 1 aliphatic rings. The summed E-state index contributed by atoms with van der Waals surface area (Å²) < 4.78 is 3.74. The normalized spacial score (nSPS) is 16.0. The van der Waals surface area contributed by atoms with Crippen LogP contribution in [0.5, 0.6) is 0 Å². The Morgan fingerprint density at radius 1 is 1.18 bits per heavy atom. The molecular formula is C20H22N6O2. The zero-order chi connectivity index (χ0) is 19.8. The van der Waals surface area contributed by atoms with Crippen LogP contribution in [0.1, 0.15) is 29.1 Å². The lowest BCUT2D eigenvalue weighted by atomic mass is 10.1. The van der Waals surface area contributed by atoms with Crippen molar-refractivity contribution < 1.29 is 9.63 Å². The van der Waals surface area contributed by atoms with E-state index in [9.17, 15) is 4.79 Å². The Hall–Kier alpha value is -3.42. The average Bonchev–Trinajstić information content (AvgIpc) is 3.36. The van der Waals surface area contributed by atoms with Crippen molar-refractivity contribution in [2.75, 3.05) is 5.32 Å². The Balaban J connectivity index is 1.41. The van der Waals surface area contributed by atoms with Crippen LogP contribution in [0.4, 0.5) is 5.69 Å². The molecular weight excluding hydrogens is 356 g/mol. The van der Waals surface area contributed by atoms with Gasteiger partial charge in [-0.25, -0.2) is 4.98 Å². The Morgan fingerprint density at radius 2 is 1.93 bits per heavy atom. The predicted molar refractivity (Wildman–Crippen MR) is 106 cm³/mol. The van der Waals surface area contributed by atoms with E-state index in [0.717, 1.165) is 34.0 Å². The number of benzene rings is 1. The zero-order valence-electron chi connectivity index (χ0n) is 16.3. The van der Waals surface area contributed by atoms with Crippen LogP contribution in [0.25, 0.3) is 5.69 Å². The largest absolute Gasteiger partial charge is 0.382 e. The molecule has 3 aromatic rings. The molecule has 1 atom stereocenters. The van der Waals surface area contributed by atoms with Crippen LogP contribution in [-0.2, 0) is 16.7 Å². The molecule has 8 heteroatoms. The second-order valence-corrected chi connectivity index (χ2v) is 6.96. The van der Waals surface area contributed by atoms with Gasteiger partial charge in [-0.1, -0.05) is 5.16 Å². The van der Waals surface area contributed by atoms with E-state index in [0.29, 0.717) is 12.1 Å². The Morgan fingerprint density at radius 3 is 2.54 bits per heavy atom. The van der Waals surface area contributed by atoms with Crippen molar-refractivity contribution in [3.8, 4) is 5.69 Å². The molecule has 28 heavy (non-hydrogen) atoms. The van der Waals surface area contributed by atoms with Crippen LogP contribution in [0.3, 0.4) is 0 Å². The number of aromatic nitrogens is 4. The maximum Gasteiger partial charge on any atom is 0.268 e. The van der Waals surface area contributed by atoms with Crippen LogP contribution >= 0.6 is 0 Å². The molecule has 2 aromatic heterocycles. The summed E-state index contributed by atoms with van der Waals surface area (Å²) in [5.41, 5.74) is 6.30. The van der Waals surface area contributed by atoms with Crippen molar-refractivity contribution in [2.45, 2.75) is 33.3 Å². The van der Waals surface area contributed by atoms with E-state index in [1.165, 1.54) is 0 Å². The number of hydrogen-bond donors (Lipinski definition) is 1. The van der Waals surface area contributed by atoms with Gasteiger partial charge < -0.3 is 14.7 Å². The number of carbonyl (C=O) groups is 1. The summed E-state index contributed by atoms with van der Waals surface area (Å²) >= 11 is 0. The number of oxime groups is 1.